The number of hydrogen-bond acceptors (Lipinski definition) is 4. The molecular weight excluding hydrogens is 369 g/mol. The summed E-state index contributed by atoms with van der Waals surface area (Å²) in [6.45, 7) is 4.58. The third-order valence-corrected chi connectivity index (χ3v) is 3.52. The van der Waals surface area contributed by atoms with Gasteiger partial charge in [-0.1, -0.05) is 11.6 Å². The molecule has 0 saturated carbocycles. The van der Waals surface area contributed by atoms with Crippen LogP contribution in [-0.4, -0.2) is 19.4 Å². The molecule has 0 aliphatic rings. The van der Waals surface area contributed by atoms with Crippen molar-refractivity contribution in [2.45, 2.75) is 20.0 Å². The Hall–Kier alpha value is -2.41. The van der Waals surface area contributed by atoms with Gasteiger partial charge in [0.15, 0.2) is 11.5 Å². The van der Waals surface area contributed by atoms with E-state index >= 15 is 0 Å². The van der Waals surface area contributed by atoms with Gasteiger partial charge < -0.3 is 9.47 Å². The van der Waals surface area contributed by atoms with Gasteiger partial charge in [0, 0.05) is 0 Å². The van der Waals surface area contributed by atoms with E-state index in [-0.39, 0.29) is 0 Å². The van der Waals surface area contributed by atoms with Crippen LogP contribution in [0.2, 0.25) is 5.02 Å². The molecule has 0 fully saturated rings. The predicted octanol–water partition coefficient (Wildman–Crippen LogP) is 5.60. The van der Waals surface area contributed by atoms with Crippen molar-refractivity contribution < 1.29 is 22.6 Å². The fraction of sp³-hybridized carbons (Fsp3) is 0.278. The van der Waals surface area contributed by atoms with Crippen molar-refractivity contribution >= 4 is 23.5 Å². The highest BCUT2D eigenvalue weighted by molar-refractivity contribution is 6.32. The zero-order valence-corrected chi connectivity index (χ0v) is 15.0. The highest BCUT2D eigenvalue weighted by atomic mass is 35.5. The number of rotatable bonds is 7. The van der Waals surface area contributed by atoms with E-state index in [2.05, 4.69) is 10.5 Å². The normalized spacial score (nSPS) is 11.6. The summed E-state index contributed by atoms with van der Waals surface area (Å²) in [7, 11) is 0. The molecule has 2 aromatic rings. The Morgan fingerprint density at radius 1 is 1.08 bits per heavy atom. The molecule has 0 unspecified atom stereocenters. The van der Waals surface area contributed by atoms with E-state index < -0.39 is 11.7 Å². The second-order valence-corrected chi connectivity index (χ2v) is 5.55. The lowest BCUT2D eigenvalue weighted by Gasteiger charge is -2.13. The SMILES string of the molecule is CCOc1cc(/C=N/Nc2ccc(C(F)(F)F)cc2)cc(Cl)c1OCC. The van der Waals surface area contributed by atoms with Gasteiger partial charge in [0.25, 0.3) is 0 Å². The van der Waals surface area contributed by atoms with Crippen LogP contribution in [0.5, 0.6) is 11.5 Å². The van der Waals surface area contributed by atoms with Gasteiger partial charge in [-0.05, 0) is 55.8 Å². The Morgan fingerprint density at radius 2 is 1.73 bits per heavy atom. The highest BCUT2D eigenvalue weighted by Crippen LogP contribution is 2.36. The van der Waals surface area contributed by atoms with Crippen LogP contribution in [0.4, 0.5) is 18.9 Å². The van der Waals surface area contributed by atoms with Crippen molar-refractivity contribution in [3.8, 4) is 11.5 Å². The van der Waals surface area contributed by atoms with E-state index in [0.29, 0.717) is 41.0 Å². The maximum atomic E-state index is 12.5. The topological polar surface area (TPSA) is 42.8 Å². The summed E-state index contributed by atoms with van der Waals surface area (Å²) in [5.41, 5.74) is 3.03. The van der Waals surface area contributed by atoms with Gasteiger partial charge in [-0.15, -0.1) is 0 Å². The lowest BCUT2D eigenvalue weighted by molar-refractivity contribution is -0.137. The van der Waals surface area contributed by atoms with Crippen LogP contribution in [0.1, 0.15) is 25.0 Å². The first-order valence-corrected chi connectivity index (χ1v) is 8.28. The molecule has 0 radical (unpaired) electrons. The number of hydrazone groups is 1. The minimum absolute atomic E-state index is 0.383. The van der Waals surface area contributed by atoms with Crippen LogP contribution in [0.15, 0.2) is 41.5 Å². The van der Waals surface area contributed by atoms with E-state index in [1.54, 1.807) is 12.1 Å². The molecule has 140 valence electrons. The minimum Gasteiger partial charge on any atom is -0.490 e. The van der Waals surface area contributed by atoms with Crippen LogP contribution in [0.25, 0.3) is 0 Å². The summed E-state index contributed by atoms with van der Waals surface area (Å²) in [5, 5.41) is 4.39. The first kappa shape index (κ1) is 19.9. The average molecular weight is 387 g/mol. The lowest BCUT2D eigenvalue weighted by atomic mass is 10.2. The number of halogens is 4. The van der Waals surface area contributed by atoms with Gasteiger partial charge in [-0.2, -0.15) is 18.3 Å². The average Bonchev–Trinajstić information content (AvgIpc) is 2.58. The van der Waals surface area contributed by atoms with Crippen molar-refractivity contribution in [2.24, 2.45) is 5.10 Å². The first-order valence-electron chi connectivity index (χ1n) is 7.90. The molecule has 0 aliphatic carbocycles. The smallest absolute Gasteiger partial charge is 0.416 e. The minimum atomic E-state index is -4.36. The number of benzene rings is 2. The maximum Gasteiger partial charge on any atom is 0.416 e. The zero-order valence-electron chi connectivity index (χ0n) is 14.2. The molecule has 2 rings (SSSR count). The van der Waals surface area contributed by atoms with Crippen LogP contribution < -0.4 is 14.9 Å². The molecule has 0 aliphatic heterocycles. The van der Waals surface area contributed by atoms with Gasteiger partial charge in [-0.25, -0.2) is 0 Å². The lowest BCUT2D eigenvalue weighted by Crippen LogP contribution is -2.04. The van der Waals surface area contributed by atoms with Crippen molar-refractivity contribution in [2.75, 3.05) is 18.6 Å². The molecule has 4 nitrogen and oxygen atoms in total. The molecule has 26 heavy (non-hydrogen) atoms. The molecule has 0 saturated heterocycles. The Kier molecular flexibility index (Phi) is 6.74. The van der Waals surface area contributed by atoms with Crippen LogP contribution in [0.3, 0.4) is 0 Å². The molecule has 0 heterocycles. The van der Waals surface area contributed by atoms with E-state index in [9.17, 15) is 13.2 Å². The predicted molar refractivity (Wildman–Crippen MR) is 96.5 cm³/mol. The summed E-state index contributed by atoms with van der Waals surface area (Å²) in [6.07, 6.45) is -2.88. The molecule has 0 aromatic heterocycles. The molecule has 0 spiro atoms. The number of nitrogens with zero attached hydrogens (tertiary/aromatic N) is 1. The van der Waals surface area contributed by atoms with E-state index in [1.807, 2.05) is 13.8 Å². The molecule has 0 atom stereocenters. The van der Waals surface area contributed by atoms with Crippen LogP contribution >= 0.6 is 11.6 Å². The Labute approximate surface area is 154 Å². The number of hydrogen-bond donors (Lipinski definition) is 1. The largest absolute Gasteiger partial charge is 0.490 e. The van der Waals surface area contributed by atoms with Gasteiger partial charge >= 0.3 is 6.18 Å². The third kappa shape index (κ3) is 5.29. The molecule has 1 N–H and O–H groups in total. The third-order valence-electron chi connectivity index (χ3n) is 3.24. The van der Waals surface area contributed by atoms with Crippen LogP contribution in [-0.2, 0) is 6.18 Å². The zero-order chi connectivity index (χ0) is 19.2. The highest BCUT2D eigenvalue weighted by Gasteiger charge is 2.29. The Morgan fingerprint density at radius 3 is 2.31 bits per heavy atom. The standard InChI is InChI=1S/C18H18ClF3N2O2/c1-3-25-16-10-12(9-15(19)17(16)26-4-2)11-23-24-14-7-5-13(6-8-14)18(20,21)22/h5-11,24H,3-4H2,1-2H3/b23-11+. The number of anilines is 1. The fourth-order valence-corrected chi connectivity index (χ4v) is 2.40. The molecule has 2 aromatic carbocycles. The van der Waals surface area contributed by atoms with Gasteiger partial charge in [-0.3, -0.25) is 5.43 Å². The van der Waals surface area contributed by atoms with Crippen molar-refractivity contribution in [1.82, 2.24) is 0 Å². The summed E-state index contributed by atoms with van der Waals surface area (Å²) in [5.74, 6) is 0.960. The second kappa shape index (κ2) is 8.80. The molecule has 8 heteroatoms. The number of alkyl halides is 3. The summed E-state index contributed by atoms with van der Waals surface area (Å²) >= 11 is 6.21. The van der Waals surface area contributed by atoms with E-state index in [1.165, 1.54) is 18.3 Å². The van der Waals surface area contributed by atoms with Crippen molar-refractivity contribution in [1.29, 1.82) is 0 Å². The summed E-state index contributed by atoms with van der Waals surface area (Å²) in [6, 6.07) is 7.96. The van der Waals surface area contributed by atoms with Crippen LogP contribution in [0, 0.1) is 0 Å². The monoisotopic (exact) mass is 386 g/mol. The number of ether oxygens (including phenoxy) is 2. The number of nitrogens with one attached hydrogen (secondary N) is 1. The maximum absolute atomic E-state index is 12.5. The molecule has 0 amide bonds. The quantitative estimate of drug-likeness (QED) is 0.497. The van der Waals surface area contributed by atoms with Gasteiger partial charge in [0.05, 0.1) is 35.7 Å². The fourth-order valence-electron chi connectivity index (χ4n) is 2.12. The van der Waals surface area contributed by atoms with Gasteiger partial charge in [0.2, 0.25) is 0 Å². The molecular formula is C18H18ClF3N2O2. The first-order chi connectivity index (χ1) is 12.3. The van der Waals surface area contributed by atoms with E-state index in [4.69, 9.17) is 21.1 Å². The Bertz CT molecular complexity index is 762. The summed E-state index contributed by atoms with van der Waals surface area (Å²) < 4.78 is 48.6. The van der Waals surface area contributed by atoms with Crippen molar-refractivity contribution in [3.63, 3.8) is 0 Å². The second-order valence-electron chi connectivity index (χ2n) is 5.14. The van der Waals surface area contributed by atoms with E-state index in [0.717, 1.165) is 12.1 Å². The molecule has 0 bridgehead atoms. The summed E-state index contributed by atoms with van der Waals surface area (Å²) in [4.78, 5) is 0. The van der Waals surface area contributed by atoms with Gasteiger partial charge in [0.1, 0.15) is 0 Å². The Balaban J connectivity index is 2.12. The van der Waals surface area contributed by atoms with Crippen molar-refractivity contribution in [3.05, 3.63) is 52.5 Å².